The Hall–Kier alpha value is -3.40. The number of esters is 1. The number of ketones is 1. The van der Waals surface area contributed by atoms with E-state index >= 15 is 0 Å². The summed E-state index contributed by atoms with van der Waals surface area (Å²) in [6.45, 7) is 2.19. The van der Waals surface area contributed by atoms with Gasteiger partial charge < -0.3 is 10.1 Å². The van der Waals surface area contributed by atoms with Gasteiger partial charge in [0.1, 0.15) is 0 Å². The third kappa shape index (κ3) is 6.29. The van der Waals surface area contributed by atoms with Gasteiger partial charge in [0.05, 0.1) is 18.7 Å². The molecular formula is C27H29NO3. The van der Waals surface area contributed by atoms with Crippen molar-refractivity contribution in [1.82, 2.24) is 0 Å². The summed E-state index contributed by atoms with van der Waals surface area (Å²) < 4.78 is 4.79. The molecule has 3 rings (SSSR count). The summed E-state index contributed by atoms with van der Waals surface area (Å²) in [4.78, 5) is 24.7. The molecule has 0 aromatic heterocycles. The van der Waals surface area contributed by atoms with Crippen LogP contribution in [-0.2, 0) is 11.2 Å². The van der Waals surface area contributed by atoms with E-state index in [0.29, 0.717) is 17.5 Å². The van der Waals surface area contributed by atoms with E-state index in [9.17, 15) is 9.59 Å². The lowest BCUT2D eigenvalue weighted by Gasteiger charge is -2.21. The van der Waals surface area contributed by atoms with E-state index < -0.39 is 0 Å². The van der Waals surface area contributed by atoms with Crippen LogP contribution in [0.3, 0.4) is 0 Å². The summed E-state index contributed by atoms with van der Waals surface area (Å²) >= 11 is 0. The Balaban J connectivity index is 1.81. The van der Waals surface area contributed by atoms with E-state index in [2.05, 4.69) is 36.5 Å². The van der Waals surface area contributed by atoms with Crippen molar-refractivity contribution in [3.8, 4) is 0 Å². The van der Waals surface area contributed by atoms with Crippen molar-refractivity contribution in [1.29, 1.82) is 0 Å². The molecule has 0 amide bonds. The number of unbranched alkanes of at least 4 members (excludes halogenated alkanes) is 1. The Morgan fingerprint density at radius 3 is 2.16 bits per heavy atom. The Morgan fingerprint density at radius 1 is 0.871 bits per heavy atom. The molecule has 1 N–H and O–H groups in total. The van der Waals surface area contributed by atoms with Crippen LogP contribution in [0.15, 0.2) is 78.9 Å². The van der Waals surface area contributed by atoms with E-state index in [0.717, 1.165) is 17.7 Å². The van der Waals surface area contributed by atoms with Crippen LogP contribution < -0.4 is 5.32 Å². The average Bonchev–Trinajstić information content (AvgIpc) is 2.83. The highest BCUT2D eigenvalue weighted by Crippen LogP contribution is 2.26. The first-order valence-corrected chi connectivity index (χ1v) is 10.7. The minimum atomic E-state index is -0.376. The van der Waals surface area contributed by atoms with Crippen molar-refractivity contribution < 1.29 is 14.3 Å². The van der Waals surface area contributed by atoms with E-state index in [4.69, 9.17) is 4.74 Å². The number of carbonyl (C=O) groups excluding carboxylic acids is 2. The second-order valence-electron chi connectivity index (χ2n) is 7.60. The molecule has 3 aromatic carbocycles. The van der Waals surface area contributed by atoms with Gasteiger partial charge in [-0.3, -0.25) is 4.79 Å². The number of hydrogen-bond donors (Lipinski definition) is 1. The first kappa shape index (κ1) is 22.3. The molecule has 0 spiro atoms. The molecule has 0 fully saturated rings. The highest BCUT2D eigenvalue weighted by molar-refractivity contribution is 5.96. The number of ether oxygens (including phenoxy) is 1. The Morgan fingerprint density at radius 2 is 1.55 bits per heavy atom. The summed E-state index contributed by atoms with van der Waals surface area (Å²) in [5.74, 6) is -0.311. The van der Waals surface area contributed by atoms with Gasteiger partial charge in [-0.25, -0.2) is 4.79 Å². The van der Waals surface area contributed by atoms with Crippen LogP contribution in [0.2, 0.25) is 0 Å². The first-order chi connectivity index (χ1) is 15.1. The Labute approximate surface area is 184 Å². The Kier molecular flexibility index (Phi) is 7.99. The number of hydrogen-bond acceptors (Lipinski definition) is 4. The normalized spacial score (nSPS) is 11.5. The SMILES string of the molecule is CCCCc1ccc(NC(CC(=O)c2ccccc2)c2ccc(C(=O)OC)cc2)cc1. The van der Waals surface area contributed by atoms with E-state index in [-0.39, 0.29) is 17.8 Å². The molecule has 0 bridgehead atoms. The van der Waals surface area contributed by atoms with Gasteiger partial charge in [0.2, 0.25) is 0 Å². The van der Waals surface area contributed by atoms with Crippen molar-refractivity contribution in [2.45, 2.75) is 38.6 Å². The van der Waals surface area contributed by atoms with E-state index in [1.165, 1.54) is 25.5 Å². The van der Waals surface area contributed by atoms with Crippen molar-refractivity contribution >= 4 is 17.4 Å². The second kappa shape index (κ2) is 11.1. The van der Waals surface area contributed by atoms with Crippen LogP contribution >= 0.6 is 0 Å². The fourth-order valence-corrected chi connectivity index (χ4v) is 3.50. The van der Waals surface area contributed by atoms with Gasteiger partial charge in [-0.2, -0.15) is 0 Å². The molecular weight excluding hydrogens is 386 g/mol. The number of benzene rings is 3. The molecule has 0 saturated heterocycles. The summed E-state index contributed by atoms with van der Waals surface area (Å²) in [7, 11) is 1.36. The number of carbonyl (C=O) groups is 2. The van der Waals surface area contributed by atoms with Gasteiger partial charge in [0.15, 0.2) is 5.78 Å². The van der Waals surface area contributed by atoms with Crippen LogP contribution in [-0.4, -0.2) is 18.9 Å². The monoisotopic (exact) mass is 415 g/mol. The van der Waals surface area contributed by atoms with Crippen LogP contribution in [0.1, 0.15) is 64.1 Å². The highest BCUT2D eigenvalue weighted by atomic mass is 16.5. The fraction of sp³-hybridized carbons (Fsp3) is 0.259. The second-order valence-corrected chi connectivity index (χ2v) is 7.60. The minimum absolute atomic E-state index is 0.0645. The number of Topliss-reactive ketones (excluding diaryl/α,β-unsaturated/α-hetero) is 1. The highest BCUT2D eigenvalue weighted by Gasteiger charge is 2.18. The number of nitrogens with one attached hydrogen (secondary N) is 1. The molecule has 0 aliphatic heterocycles. The van der Waals surface area contributed by atoms with Crippen LogP contribution in [0.5, 0.6) is 0 Å². The van der Waals surface area contributed by atoms with E-state index in [1.807, 2.05) is 42.5 Å². The standard InChI is InChI=1S/C27H29NO3/c1-3-4-8-20-11-17-24(18-12-20)28-25(19-26(29)22-9-6-5-7-10-22)21-13-15-23(16-14-21)27(30)31-2/h5-7,9-18,25,28H,3-4,8,19H2,1-2H3. The number of anilines is 1. The molecule has 160 valence electrons. The van der Waals surface area contributed by atoms with Crippen molar-refractivity contribution in [3.05, 3.63) is 101 Å². The lowest BCUT2D eigenvalue weighted by molar-refractivity contribution is 0.0600. The van der Waals surface area contributed by atoms with Crippen molar-refractivity contribution in [3.63, 3.8) is 0 Å². The minimum Gasteiger partial charge on any atom is -0.465 e. The van der Waals surface area contributed by atoms with Gasteiger partial charge in [-0.1, -0.05) is 67.9 Å². The summed E-state index contributed by atoms with van der Waals surface area (Å²) in [6, 6.07) is 24.7. The predicted molar refractivity (Wildman–Crippen MR) is 125 cm³/mol. The molecule has 0 heterocycles. The number of methoxy groups -OCH3 is 1. The third-order valence-electron chi connectivity index (χ3n) is 5.33. The zero-order chi connectivity index (χ0) is 22.1. The molecule has 0 aliphatic carbocycles. The van der Waals surface area contributed by atoms with Gasteiger partial charge >= 0.3 is 5.97 Å². The first-order valence-electron chi connectivity index (χ1n) is 10.7. The smallest absolute Gasteiger partial charge is 0.337 e. The zero-order valence-electron chi connectivity index (χ0n) is 18.1. The fourth-order valence-electron chi connectivity index (χ4n) is 3.50. The van der Waals surface area contributed by atoms with Gasteiger partial charge in [0.25, 0.3) is 0 Å². The molecule has 31 heavy (non-hydrogen) atoms. The summed E-state index contributed by atoms with van der Waals surface area (Å²) in [5.41, 5.74) is 4.39. The molecule has 0 radical (unpaired) electrons. The van der Waals surface area contributed by atoms with Gasteiger partial charge in [-0.15, -0.1) is 0 Å². The number of aryl methyl sites for hydroxylation is 1. The molecule has 0 aliphatic rings. The maximum Gasteiger partial charge on any atom is 0.337 e. The number of rotatable bonds is 10. The maximum absolute atomic E-state index is 12.9. The van der Waals surface area contributed by atoms with Crippen LogP contribution in [0.25, 0.3) is 0 Å². The largest absolute Gasteiger partial charge is 0.465 e. The quantitative estimate of drug-likeness (QED) is 0.314. The summed E-state index contributed by atoms with van der Waals surface area (Å²) in [5, 5.41) is 3.50. The predicted octanol–water partition coefficient (Wildman–Crippen LogP) is 6.24. The lowest BCUT2D eigenvalue weighted by atomic mass is 9.96. The molecule has 1 unspecified atom stereocenters. The van der Waals surface area contributed by atoms with Crippen molar-refractivity contribution in [2.75, 3.05) is 12.4 Å². The molecule has 4 nitrogen and oxygen atoms in total. The molecule has 3 aromatic rings. The Bertz CT molecular complexity index is 979. The summed E-state index contributed by atoms with van der Waals surface area (Å²) in [6.07, 6.45) is 3.72. The average molecular weight is 416 g/mol. The van der Waals surface area contributed by atoms with E-state index in [1.54, 1.807) is 12.1 Å². The van der Waals surface area contributed by atoms with Gasteiger partial charge in [-0.05, 0) is 48.2 Å². The third-order valence-corrected chi connectivity index (χ3v) is 5.33. The topological polar surface area (TPSA) is 55.4 Å². The van der Waals surface area contributed by atoms with Crippen LogP contribution in [0.4, 0.5) is 5.69 Å². The molecule has 4 heteroatoms. The van der Waals surface area contributed by atoms with Crippen LogP contribution in [0, 0.1) is 0 Å². The molecule has 0 saturated carbocycles. The van der Waals surface area contributed by atoms with Gasteiger partial charge in [0, 0.05) is 17.7 Å². The molecule has 1 atom stereocenters. The maximum atomic E-state index is 12.9. The lowest BCUT2D eigenvalue weighted by Crippen LogP contribution is -2.16. The van der Waals surface area contributed by atoms with Crippen molar-refractivity contribution in [2.24, 2.45) is 0 Å². The zero-order valence-corrected chi connectivity index (χ0v) is 18.1.